The summed E-state index contributed by atoms with van der Waals surface area (Å²) in [5, 5.41) is 7.45. The van der Waals surface area contributed by atoms with Gasteiger partial charge in [-0.25, -0.2) is 0 Å². The molecule has 1 fully saturated rings. The second kappa shape index (κ2) is 6.97. The quantitative estimate of drug-likeness (QED) is 0.939. The zero-order valence-electron chi connectivity index (χ0n) is 12.5. The predicted molar refractivity (Wildman–Crippen MR) is 86.9 cm³/mol. The summed E-state index contributed by atoms with van der Waals surface area (Å²) in [6.07, 6.45) is 7.11. The van der Waals surface area contributed by atoms with E-state index in [-0.39, 0.29) is 5.91 Å². The Morgan fingerprint density at radius 3 is 2.91 bits per heavy atom. The normalized spacial score (nSPS) is 18.4. The van der Waals surface area contributed by atoms with E-state index in [2.05, 4.69) is 22.3 Å². The molecule has 0 bridgehead atoms. The van der Waals surface area contributed by atoms with E-state index in [4.69, 9.17) is 11.6 Å². The van der Waals surface area contributed by atoms with Gasteiger partial charge in [-0.1, -0.05) is 23.7 Å². The van der Waals surface area contributed by atoms with Crippen LogP contribution < -0.4 is 0 Å². The summed E-state index contributed by atoms with van der Waals surface area (Å²) in [6.45, 7) is 1.68. The highest BCUT2D eigenvalue weighted by Crippen LogP contribution is 2.28. The molecule has 1 unspecified atom stereocenters. The van der Waals surface area contributed by atoms with Crippen molar-refractivity contribution in [2.24, 2.45) is 0 Å². The highest BCUT2D eigenvalue weighted by atomic mass is 35.5. The molecule has 22 heavy (non-hydrogen) atoms. The van der Waals surface area contributed by atoms with E-state index in [1.807, 2.05) is 23.2 Å². The van der Waals surface area contributed by atoms with Crippen LogP contribution in [0.5, 0.6) is 0 Å². The minimum atomic E-state index is 0.236. The molecule has 4 nitrogen and oxygen atoms in total. The number of hydrogen-bond donors (Lipinski definition) is 1. The van der Waals surface area contributed by atoms with Crippen LogP contribution >= 0.6 is 11.6 Å². The van der Waals surface area contributed by atoms with Crippen molar-refractivity contribution in [3.63, 3.8) is 0 Å². The third kappa shape index (κ3) is 3.69. The molecule has 0 aliphatic carbocycles. The second-order valence-corrected chi connectivity index (χ2v) is 6.27. The smallest absolute Gasteiger partial charge is 0.222 e. The lowest BCUT2D eigenvalue weighted by atomic mass is 9.90. The Morgan fingerprint density at radius 1 is 1.36 bits per heavy atom. The van der Waals surface area contributed by atoms with Crippen molar-refractivity contribution in [1.29, 1.82) is 0 Å². The number of piperidine rings is 1. The van der Waals surface area contributed by atoms with Crippen molar-refractivity contribution in [3.05, 3.63) is 52.8 Å². The van der Waals surface area contributed by atoms with Crippen LogP contribution in [0.2, 0.25) is 5.02 Å². The lowest BCUT2D eigenvalue weighted by molar-refractivity contribution is -0.132. The van der Waals surface area contributed by atoms with Crippen molar-refractivity contribution in [2.45, 2.75) is 31.6 Å². The van der Waals surface area contributed by atoms with E-state index in [9.17, 15) is 4.79 Å². The fourth-order valence-corrected chi connectivity index (χ4v) is 3.16. The highest BCUT2D eigenvalue weighted by molar-refractivity contribution is 6.30. The fourth-order valence-electron chi connectivity index (χ4n) is 3.03. The van der Waals surface area contributed by atoms with Crippen LogP contribution in [0.25, 0.3) is 0 Å². The van der Waals surface area contributed by atoms with Crippen LogP contribution in [0.3, 0.4) is 0 Å². The van der Waals surface area contributed by atoms with Crippen molar-refractivity contribution >= 4 is 17.5 Å². The molecule has 1 aliphatic rings. The van der Waals surface area contributed by atoms with E-state index in [1.54, 1.807) is 6.20 Å². The Labute approximate surface area is 135 Å². The third-order valence-corrected chi connectivity index (χ3v) is 4.55. The summed E-state index contributed by atoms with van der Waals surface area (Å²) in [4.78, 5) is 14.4. The molecule has 2 heterocycles. The first-order valence-electron chi connectivity index (χ1n) is 7.73. The Balaban J connectivity index is 1.57. The Hall–Kier alpha value is -1.81. The molecule has 0 radical (unpaired) electrons. The van der Waals surface area contributed by atoms with E-state index in [1.165, 1.54) is 5.56 Å². The summed E-state index contributed by atoms with van der Waals surface area (Å²) < 4.78 is 0. The first-order chi connectivity index (χ1) is 10.7. The lowest BCUT2D eigenvalue weighted by Crippen LogP contribution is -2.39. The van der Waals surface area contributed by atoms with E-state index in [0.29, 0.717) is 12.3 Å². The monoisotopic (exact) mass is 317 g/mol. The molecule has 1 saturated heterocycles. The number of rotatable bonds is 4. The number of nitrogens with one attached hydrogen (secondary N) is 1. The lowest BCUT2D eigenvalue weighted by Gasteiger charge is -2.33. The largest absolute Gasteiger partial charge is 0.342 e. The number of halogens is 1. The van der Waals surface area contributed by atoms with Gasteiger partial charge in [0.2, 0.25) is 5.91 Å². The zero-order chi connectivity index (χ0) is 15.4. The SMILES string of the molecule is O=C(CCc1cn[nH]c1)N1CCCC(c2ccc(Cl)cc2)C1. The Kier molecular flexibility index (Phi) is 4.78. The van der Waals surface area contributed by atoms with Gasteiger partial charge in [-0.05, 0) is 42.5 Å². The Bertz CT molecular complexity index is 609. The number of H-pyrrole nitrogens is 1. The number of carbonyl (C=O) groups is 1. The Morgan fingerprint density at radius 2 is 2.18 bits per heavy atom. The van der Waals surface area contributed by atoms with Crippen molar-refractivity contribution in [2.75, 3.05) is 13.1 Å². The number of aromatic nitrogens is 2. The molecule has 2 aromatic rings. The first-order valence-corrected chi connectivity index (χ1v) is 8.11. The topological polar surface area (TPSA) is 49.0 Å². The summed E-state index contributed by atoms with van der Waals surface area (Å²) in [7, 11) is 0. The summed E-state index contributed by atoms with van der Waals surface area (Å²) in [5.41, 5.74) is 2.36. The number of hydrogen-bond acceptors (Lipinski definition) is 2. The van der Waals surface area contributed by atoms with Gasteiger partial charge in [0.05, 0.1) is 6.20 Å². The van der Waals surface area contributed by atoms with Crippen LogP contribution in [-0.4, -0.2) is 34.1 Å². The van der Waals surface area contributed by atoms with E-state index in [0.717, 1.165) is 42.9 Å². The molecule has 0 spiro atoms. The van der Waals surface area contributed by atoms with Gasteiger partial charge in [0.15, 0.2) is 0 Å². The molecule has 1 atom stereocenters. The van der Waals surface area contributed by atoms with Crippen molar-refractivity contribution in [3.8, 4) is 0 Å². The van der Waals surface area contributed by atoms with E-state index >= 15 is 0 Å². The molecule has 1 aliphatic heterocycles. The maximum absolute atomic E-state index is 12.4. The maximum Gasteiger partial charge on any atom is 0.222 e. The van der Waals surface area contributed by atoms with Crippen LogP contribution in [0.1, 0.15) is 36.3 Å². The minimum absolute atomic E-state index is 0.236. The van der Waals surface area contributed by atoms with Crippen molar-refractivity contribution < 1.29 is 4.79 Å². The molecule has 1 N–H and O–H groups in total. The molecule has 0 saturated carbocycles. The number of aromatic amines is 1. The number of nitrogens with zero attached hydrogens (tertiary/aromatic N) is 2. The highest BCUT2D eigenvalue weighted by Gasteiger charge is 2.24. The zero-order valence-corrected chi connectivity index (χ0v) is 13.2. The summed E-state index contributed by atoms with van der Waals surface area (Å²) in [5.74, 6) is 0.656. The van der Waals surface area contributed by atoms with Gasteiger partial charge in [0.1, 0.15) is 0 Å². The third-order valence-electron chi connectivity index (χ3n) is 4.30. The van der Waals surface area contributed by atoms with Gasteiger partial charge in [-0.15, -0.1) is 0 Å². The molecule has 1 aromatic carbocycles. The average molecular weight is 318 g/mol. The predicted octanol–water partition coefficient (Wildman–Crippen LogP) is 3.40. The summed E-state index contributed by atoms with van der Waals surface area (Å²) >= 11 is 5.95. The van der Waals surface area contributed by atoms with Crippen LogP contribution in [0.4, 0.5) is 0 Å². The number of carbonyl (C=O) groups excluding carboxylic acids is 1. The molecule has 1 amide bonds. The molecular weight excluding hydrogens is 298 g/mol. The second-order valence-electron chi connectivity index (χ2n) is 5.84. The standard InChI is InChI=1S/C17H20ClN3O/c18-16-6-4-14(5-7-16)15-2-1-9-21(12-15)17(22)8-3-13-10-19-20-11-13/h4-7,10-11,15H,1-3,8-9,12H2,(H,19,20). The fraction of sp³-hybridized carbons (Fsp3) is 0.412. The molecular formula is C17H20ClN3O. The van der Waals surface area contributed by atoms with Crippen LogP contribution in [-0.2, 0) is 11.2 Å². The minimum Gasteiger partial charge on any atom is -0.342 e. The van der Waals surface area contributed by atoms with Gasteiger partial charge >= 0.3 is 0 Å². The van der Waals surface area contributed by atoms with E-state index < -0.39 is 0 Å². The average Bonchev–Trinajstić information content (AvgIpc) is 3.07. The van der Waals surface area contributed by atoms with Crippen LogP contribution in [0, 0.1) is 0 Å². The van der Waals surface area contributed by atoms with Gasteiger partial charge in [0, 0.05) is 36.6 Å². The van der Waals surface area contributed by atoms with Gasteiger partial charge < -0.3 is 4.90 Å². The van der Waals surface area contributed by atoms with Gasteiger partial charge in [-0.3, -0.25) is 9.89 Å². The number of likely N-dealkylation sites (tertiary alicyclic amines) is 1. The maximum atomic E-state index is 12.4. The molecule has 3 rings (SSSR count). The molecule has 116 valence electrons. The number of benzene rings is 1. The molecule has 5 heteroatoms. The van der Waals surface area contributed by atoms with Gasteiger partial charge in [0.25, 0.3) is 0 Å². The van der Waals surface area contributed by atoms with Gasteiger partial charge in [-0.2, -0.15) is 5.10 Å². The number of amides is 1. The first kappa shape index (κ1) is 15.1. The van der Waals surface area contributed by atoms with Crippen LogP contribution in [0.15, 0.2) is 36.7 Å². The summed E-state index contributed by atoms with van der Waals surface area (Å²) in [6, 6.07) is 8.01. The van der Waals surface area contributed by atoms with Crippen molar-refractivity contribution in [1.82, 2.24) is 15.1 Å². The molecule has 1 aromatic heterocycles. The number of aryl methyl sites for hydroxylation is 1.